The topological polar surface area (TPSA) is 24.1 Å². The fraction of sp³-hybridized carbons (Fsp3) is 0.200. The van der Waals surface area contributed by atoms with Crippen LogP contribution in [0, 0.1) is 0 Å². The van der Waals surface area contributed by atoms with E-state index in [0.29, 0.717) is 0 Å². The van der Waals surface area contributed by atoms with E-state index in [4.69, 9.17) is 11.6 Å². The van der Waals surface area contributed by atoms with Crippen LogP contribution in [0.2, 0.25) is 5.02 Å². The maximum atomic E-state index is 6.18. The Morgan fingerprint density at radius 3 is 2.61 bits per heavy atom. The van der Waals surface area contributed by atoms with E-state index in [9.17, 15) is 0 Å². The highest BCUT2D eigenvalue weighted by molar-refractivity contribution is 6.34. The van der Waals surface area contributed by atoms with Gasteiger partial charge in [-0.25, -0.2) is 0 Å². The fourth-order valence-electron chi connectivity index (χ4n) is 2.39. The van der Waals surface area contributed by atoms with Gasteiger partial charge in [0.25, 0.3) is 0 Å². The largest absolute Gasteiger partial charge is 0.379 e. The third-order valence-corrected chi connectivity index (χ3v) is 3.77. The van der Waals surface area contributed by atoms with Gasteiger partial charge >= 0.3 is 0 Å². The number of benzene rings is 2. The van der Waals surface area contributed by atoms with Crippen LogP contribution in [0.1, 0.15) is 12.5 Å². The van der Waals surface area contributed by atoms with Crippen molar-refractivity contribution in [3.63, 3.8) is 0 Å². The number of nitrogens with one attached hydrogen (secondary N) is 2. The smallest absolute Gasteiger partial charge is 0.0770 e. The van der Waals surface area contributed by atoms with Gasteiger partial charge in [-0.05, 0) is 24.6 Å². The van der Waals surface area contributed by atoms with Crippen LogP contribution in [-0.4, -0.2) is 6.54 Å². The maximum absolute atomic E-state index is 6.18. The summed E-state index contributed by atoms with van der Waals surface area (Å²) < 4.78 is 0. The first-order valence-electron chi connectivity index (χ1n) is 6.05. The maximum Gasteiger partial charge on any atom is 0.0770 e. The minimum absolute atomic E-state index is 0.112. The van der Waals surface area contributed by atoms with E-state index in [1.165, 1.54) is 5.56 Å². The second-order valence-corrected chi connectivity index (χ2v) is 5.25. The third kappa shape index (κ3) is 1.83. The van der Waals surface area contributed by atoms with Gasteiger partial charge in [-0.15, -0.1) is 0 Å². The molecule has 1 aliphatic rings. The van der Waals surface area contributed by atoms with Gasteiger partial charge < -0.3 is 10.6 Å². The van der Waals surface area contributed by atoms with Crippen LogP contribution in [0.3, 0.4) is 0 Å². The van der Waals surface area contributed by atoms with Crippen LogP contribution in [0.15, 0.2) is 48.5 Å². The lowest BCUT2D eigenvalue weighted by molar-refractivity contribution is 0.565. The molecule has 0 bridgehead atoms. The summed E-state index contributed by atoms with van der Waals surface area (Å²) in [5.74, 6) is 0. The van der Waals surface area contributed by atoms with Gasteiger partial charge in [0, 0.05) is 6.54 Å². The number of hydrogen-bond acceptors (Lipinski definition) is 2. The molecule has 1 heterocycles. The molecule has 3 rings (SSSR count). The van der Waals surface area contributed by atoms with Crippen molar-refractivity contribution in [1.29, 1.82) is 0 Å². The number of hydrogen-bond donors (Lipinski definition) is 2. The second-order valence-electron chi connectivity index (χ2n) is 4.84. The van der Waals surface area contributed by atoms with Crippen LogP contribution >= 0.6 is 11.6 Å². The minimum Gasteiger partial charge on any atom is -0.379 e. The van der Waals surface area contributed by atoms with Crippen molar-refractivity contribution >= 4 is 23.0 Å². The average Bonchev–Trinajstić information content (AvgIpc) is 2.40. The summed E-state index contributed by atoms with van der Waals surface area (Å²) in [5, 5.41) is 7.77. The number of anilines is 2. The molecule has 2 N–H and O–H groups in total. The number of rotatable bonds is 1. The van der Waals surface area contributed by atoms with E-state index in [0.717, 1.165) is 22.9 Å². The Labute approximate surface area is 112 Å². The summed E-state index contributed by atoms with van der Waals surface area (Å²) in [5.41, 5.74) is 3.20. The minimum atomic E-state index is -0.112. The van der Waals surface area contributed by atoms with E-state index >= 15 is 0 Å². The highest BCUT2D eigenvalue weighted by atomic mass is 35.5. The molecule has 0 spiro atoms. The standard InChI is InChI=1S/C15H15ClN2/c1-15(11-6-3-2-4-7-11)10-17-14-12(16)8-5-9-13(14)18-15/h2-9,17-18H,10H2,1H3. The Balaban J connectivity index is 2.00. The molecule has 0 fully saturated rings. The van der Waals surface area contributed by atoms with Crippen LogP contribution in [0.25, 0.3) is 0 Å². The zero-order valence-electron chi connectivity index (χ0n) is 10.2. The van der Waals surface area contributed by atoms with Crippen molar-refractivity contribution in [3.8, 4) is 0 Å². The van der Waals surface area contributed by atoms with Crippen molar-refractivity contribution < 1.29 is 0 Å². The van der Waals surface area contributed by atoms with E-state index in [2.05, 4.69) is 47.9 Å². The summed E-state index contributed by atoms with van der Waals surface area (Å²) in [4.78, 5) is 0. The first-order chi connectivity index (χ1) is 8.69. The van der Waals surface area contributed by atoms with Crippen molar-refractivity contribution in [2.75, 3.05) is 17.2 Å². The Hall–Kier alpha value is -1.67. The van der Waals surface area contributed by atoms with Crippen LogP contribution in [-0.2, 0) is 5.54 Å². The molecule has 1 aliphatic heterocycles. The predicted molar refractivity (Wildman–Crippen MR) is 77.4 cm³/mol. The number of fused-ring (bicyclic) bond motifs is 1. The normalized spacial score (nSPS) is 21.7. The second kappa shape index (κ2) is 4.21. The Morgan fingerprint density at radius 2 is 1.83 bits per heavy atom. The lowest BCUT2D eigenvalue weighted by atomic mass is 9.89. The summed E-state index contributed by atoms with van der Waals surface area (Å²) in [6.07, 6.45) is 0. The third-order valence-electron chi connectivity index (χ3n) is 3.45. The molecular weight excluding hydrogens is 244 g/mol. The molecule has 1 unspecified atom stereocenters. The molecule has 0 radical (unpaired) electrons. The van der Waals surface area contributed by atoms with E-state index in [1.54, 1.807) is 0 Å². The first-order valence-corrected chi connectivity index (χ1v) is 6.43. The molecule has 0 aliphatic carbocycles. The van der Waals surface area contributed by atoms with Gasteiger partial charge in [0.15, 0.2) is 0 Å². The quantitative estimate of drug-likeness (QED) is 0.805. The van der Waals surface area contributed by atoms with Gasteiger partial charge in [-0.1, -0.05) is 48.0 Å². The molecule has 92 valence electrons. The van der Waals surface area contributed by atoms with Gasteiger partial charge in [-0.2, -0.15) is 0 Å². The first kappa shape index (κ1) is 11.4. The molecule has 0 saturated heterocycles. The van der Waals surface area contributed by atoms with Gasteiger partial charge in [0.2, 0.25) is 0 Å². The monoisotopic (exact) mass is 258 g/mol. The lowest BCUT2D eigenvalue weighted by Gasteiger charge is -2.38. The van der Waals surface area contributed by atoms with E-state index in [-0.39, 0.29) is 5.54 Å². The van der Waals surface area contributed by atoms with Crippen molar-refractivity contribution in [2.24, 2.45) is 0 Å². The SMILES string of the molecule is CC1(c2ccccc2)CNc2c(Cl)cccc2N1. The van der Waals surface area contributed by atoms with Gasteiger partial charge in [0.05, 0.1) is 21.9 Å². The molecule has 2 aromatic rings. The molecule has 0 aromatic heterocycles. The van der Waals surface area contributed by atoms with Crippen LogP contribution in [0.4, 0.5) is 11.4 Å². The van der Waals surface area contributed by atoms with E-state index < -0.39 is 0 Å². The zero-order chi connectivity index (χ0) is 12.6. The average molecular weight is 259 g/mol. The highest BCUT2D eigenvalue weighted by Crippen LogP contribution is 2.39. The molecule has 18 heavy (non-hydrogen) atoms. The van der Waals surface area contributed by atoms with Crippen molar-refractivity contribution in [1.82, 2.24) is 0 Å². The molecule has 0 amide bonds. The number of halogens is 1. The molecule has 0 saturated carbocycles. The molecule has 2 nitrogen and oxygen atoms in total. The number of para-hydroxylation sites is 1. The molecule has 1 atom stereocenters. The molecule has 2 aromatic carbocycles. The van der Waals surface area contributed by atoms with E-state index in [1.807, 2.05) is 18.2 Å². The Bertz CT molecular complexity index is 568. The van der Waals surface area contributed by atoms with Crippen molar-refractivity contribution in [3.05, 3.63) is 59.1 Å². The Kier molecular flexibility index (Phi) is 2.67. The van der Waals surface area contributed by atoms with Crippen LogP contribution in [0.5, 0.6) is 0 Å². The summed E-state index contributed by atoms with van der Waals surface area (Å²) >= 11 is 6.18. The van der Waals surface area contributed by atoms with Crippen LogP contribution < -0.4 is 10.6 Å². The zero-order valence-corrected chi connectivity index (χ0v) is 11.0. The summed E-state index contributed by atoms with van der Waals surface area (Å²) in [7, 11) is 0. The summed E-state index contributed by atoms with van der Waals surface area (Å²) in [6.45, 7) is 3.01. The van der Waals surface area contributed by atoms with Gasteiger partial charge in [-0.3, -0.25) is 0 Å². The highest BCUT2D eigenvalue weighted by Gasteiger charge is 2.31. The Morgan fingerprint density at radius 1 is 1.06 bits per heavy atom. The summed E-state index contributed by atoms with van der Waals surface area (Å²) in [6, 6.07) is 16.4. The fourth-order valence-corrected chi connectivity index (χ4v) is 2.64. The van der Waals surface area contributed by atoms with Gasteiger partial charge in [0.1, 0.15) is 0 Å². The predicted octanol–water partition coefficient (Wildman–Crippen LogP) is 4.09. The molecular formula is C15H15ClN2. The lowest BCUT2D eigenvalue weighted by Crippen LogP contribution is -2.42. The van der Waals surface area contributed by atoms with Crippen molar-refractivity contribution in [2.45, 2.75) is 12.5 Å². The molecule has 3 heteroatoms.